The number of hydrogen-bond donors (Lipinski definition) is 0. The molecule has 3 rings (SSSR count). The molecule has 2 aromatic rings. The van der Waals surface area contributed by atoms with Crippen LogP contribution in [0.4, 0.5) is 5.69 Å². The van der Waals surface area contributed by atoms with Gasteiger partial charge in [-0.25, -0.2) is 0 Å². The molecule has 4 heteroatoms. The van der Waals surface area contributed by atoms with E-state index < -0.39 is 0 Å². The SMILES string of the molecule is Cc1ccc(C)c(N(CC(=O)c2cccs2)C2=NCCCC2)c1. The third-order valence-corrected chi connectivity index (χ3v) is 5.08. The molecule has 1 aromatic carbocycles. The van der Waals surface area contributed by atoms with E-state index in [-0.39, 0.29) is 5.78 Å². The van der Waals surface area contributed by atoms with Gasteiger partial charge in [-0.3, -0.25) is 9.79 Å². The summed E-state index contributed by atoms with van der Waals surface area (Å²) in [5.41, 5.74) is 3.49. The summed E-state index contributed by atoms with van der Waals surface area (Å²) in [6.07, 6.45) is 3.24. The van der Waals surface area contributed by atoms with Crippen molar-refractivity contribution in [3.05, 3.63) is 51.7 Å². The third kappa shape index (κ3) is 3.70. The Morgan fingerprint density at radius 2 is 2.13 bits per heavy atom. The van der Waals surface area contributed by atoms with Crippen LogP contribution in [-0.4, -0.2) is 24.7 Å². The van der Waals surface area contributed by atoms with Crippen molar-refractivity contribution >= 4 is 28.6 Å². The fourth-order valence-corrected chi connectivity index (χ4v) is 3.54. The zero-order valence-corrected chi connectivity index (χ0v) is 14.5. The van der Waals surface area contributed by atoms with E-state index in [0.717, 1.165) is 42.2 Å². The number of carbonyl (C=O) groups excluding carboxylic acids is 1. The van der Waals surface area contributed by atoms with Gasteiger partial charge in [0.25, 0.3) is 0 Å². The molecule has 23 heavy (non-hydrogen) atoms. The monoisotopic (exact) mass is 326 g/mol. The summed E-state index contributed by atoms with van der Waals surface area (Å²) in [4.78, 5) is 20.3. The lowest BCUT2D eigenvalue weighted by atomic mass is 10.1. The number of thiophene rings is 1. The summed E-state index contributed by atoms with van der Waals surface area (Å²) >= 11 is 1.51. The van der Waals surface area contributed by atoms with E-state index in [1.54, 1.807) is 0 Å². The molecule has 0 saturated heterocycles. The Bertz CT molecular complexity index is 719. The van der Waals surface area contributed by atoms with E-state index >= 15 is 0 Å². The maximum Gasteiger partial charge on any atom is 0.192 e. The second-order valence-electron chi connectivity index (χ2n) is 6.03. The van der Waals surface area contributed by atoms with Crippen LogP contribution in [0, 0.1) is 13.8 Å². The summed E-state index contributed by atoms with van der Waals surface area (Å²) in [6.45, 7) is 5.42. The largest absolute Gasteiger partial charge is 0.322 e. The van der Waals surface area contributed by atoms with E-state index in [4.69, 9.17) is 4.99 Å². The number of hydrogen-bond acceptors (Lipinski definition) is 4. The first-order chi connectivity index (χ1) is 11.1. The standard InChI is InChI=1S/C19H22N2OS/c1-14-8-9-15(2)16(12-14)21(19-7-3-4-10-20-19)13-17(22)18-6-5-11-23-18/h5-6,8-9,11-12H,3-4,7,10,13H2,1-2H3. The number of anilines is 1. The molecule has 3 nitrogen and oxygen atoms in total. The van der Waals surface area contributed by atoms with Gasteiger partial charge in [-0.2, -0.15) is 0 Å². The molecular formula is C19H22N2OS. The van der Waals surface area contributed by atoms with Crippen molar-refractivity contribution in [3.63, 3.8) is 0 Å². The Kier molecular flexibility index (Phi) is 4.91. The van der Waals surface area contributed by atoms with Gasteiger partial charge in [-0.15, -0.1) is 11.3 Å². The van der Waals surface area contributed by atoms with Crippen molar-refractivity contribution < 1.29 is 4.79 Å². The predicted octanol–water partition coefficient (Wildman–Crippen LogP) is 4.64. The highest BCUT2D eigenvalue weighted by Crippen LogP contribution is 2.25. The van der Waals surface area contributed by atoms with Gasteiger partial charge in [0.1, 0.15) is 5.84 Å². The Morgan fingerprint density at radius 3 is 2.83 bits per heavy atom. The minimum absolute atomic E-state index is 0.161. The lowest BCUT2D eigenvalue weighted by Crippen LogP contribution is -2.37. The molecule has 1 aromatic heterocycles. The number of amidine groups is 1. The second-order valence-corrected chi connectivity index (χ2v) is 6.98. The van der Waals surface area contributed by atoms with Crippen LogP contribution >= 0.6 is 11.3 Å². The first kappa shape index (κ1) is 15.9. The van der Waals surface area contributed by atoms with Crippen LogP contribution in [0.3, 0.4) is 0 Å². The normalized spacial score (nSPS) is 14.4. The average molecular weight is 326 g/mol. The van der Waals surface area contributed by atoms with Crippen LogP contribution in [0.2, 0.25) is 0 Å². The predicted molar refractivity (Wildman–Crippen MR) is 98.1 cm³/mol. The number of rotatable bonds is 4. The number of nitrogens with zero attached hydrogens (tertiary/aromatic N) is 2. The van der Waals surface area contributed by atoms with Crippen molar-refractivity contribution in [1.29, 1.82) is 0 Å². The topological polar surface area (TPSA) is 32.7 Å². The van der Waals surface area contributed by atoms with Gasteiger partial charge in [0.15, 0.2) is 5.78 Å². The first-order valence-electron chi connectivity index (χ1n) is 8.10. The summed E-state index contributed by atoms with van der Waals surface area (Å²) in [5.74, 6) is 1.21. The van der Waals surface area contributed by atoms with Gasteiger partial charge in [0.2, 0.25) is 0 Å². The molecule has 0 amide bonds. The van der Waals surface area contributed by atoms with Gasteiger partial charge >= 0.3 is 0 Å². The third-order valence-electron chi connectivity index (χ3n) is 4.17. The minimum Gasteiger partial charge on any atom is -0.322 e. The molecular weight excluding hydrogens is 304 g/mol. The molecule has 2 heterocycles. The van der Waals surface area contributed by atoms with E-state index in [1.807, 2.05) is 17.5 Å². The average Bonchev–Trinajstić information content (AvgIpc) is 3.10. The number of ketones is 1. The summed E-state index contributed by atoms with van der Waals surface area (Å²) < 4.78 is 0. The summed E-state index contributed by atoms with van der Waals surface area (Å²) in [6, 6.07) is 10.2. The van der Waals surface area contributed by atoms with Gasteiger partial charge in [0, 0.05) is 18.7 Å². The Balaban J connectivity index is 1.95. The lowest BCUT2D eigenvalue weighted by molar-refractivity contribution is 0.101. The molecule has 0 atom stereocenters. The van der Waals surface area contributed by atoms with Crippen LogP contribution in [-0.2, 0) is 0 Å². The van der Waals surface area contributed by atoms with Gasteiger partial charge in [0.05, 0.1) is 11.4 Å². The highest BCUT2D eigenvalue weighted by molar-refractivity contribution is 7.12. The molecule has 1 aliphatic heterocycles. The summed E-state index contributed by atoms with van der Waals surface area (Å²) in [5, 5.41) is 1.95. The van der Waals surface area contributed by atoms with E-state index in [0.29, 0.717) is 6.54 Å². The molecule has 0 N–H and O–H groups in total. The van der Waals surface area contributed by atoms with Gasteiger partial charge in [-0.1, -0.05) is 18.2 Å². The first-order valence-corrected chi connectivity index (χ1v) is 8.98. The van der Waals surface area contributed by atoms with Crippen LogP contribution in [0.5, 0.6) is 0 Å². The highest BCUT2D eigenvalue weighted by atomic mass is 32.1. The minimum atomic E-state index is 0.161. The van der Waals surface area contributed by atoms with Crippen LogP contribution < -0.4 is 4.90 Å². The van der Waals surface area contributed by atoms with Crippen LogP contribution in [0.25, 0.3) is 0 Å². The molecule has 0 aliphatic carbocycles. The van der Waals surface area contributed by atoms with Crippen molar-refractivity contribution in [1.82, 2.24) is 0 Å². The van der Waals surface area contributed by atoms with E-state index in [2.05, 4.69) is 36.9 Å². The molecule has 0 fully saturated rings. The number of Topliss-reactive ketones (excluding diaryl/α,β-unsaturated/α-hetero) is 1. The van der Waals surface area contributed by atoms with Gasteiger partial charge in [-0.05, 0) is 55.3 Å². The van der Waals surface area contributed by atoms with E-state index in [1.165, 1.54) is 22.5 Å². The fourth-order valence-electron chi connectivity index (χ4n) is 2.89. The molecule has 0 unspecified atom stereocenters. The highest BCUT2D eigenvalue weighted by Gasteiger charge is 2.21. The number of aryl methyl sites for hydroxylation is 2. The number of carbonyl (C=O) groups is 1. The maximum atomic E-state index is 12.6. The Morgan fingerprint density at radius 1 is 1.26 bits per heavy atom. The van der Waals surface area contributed by atoms with Gasteiger partial charge < -0.3 is 4.90 Å². The van der Waals surface area contributed by atoms with Crippen molar-refractivity contribution in [3.8, 4) is 0 Å². The lowest BCUT2D eigenvalue weighted by Gasteiger charge is -2.29. The van der Waals surface area contributed by atoms with Crippen molar-refractivity contribution in [2.75, 3.05) is 18.0 Å². The molecule has 0 bridgehead atoms. The maximum absolute atomic E-state index is 12.6. The molecule has 1 aliphatic rings. The second kappa shape index (κ2) is 7.09. The zero-order valence-electron chi connectivity index (χ0n) is 13.7. The quantitative estimate of drug-likeness (QED) is 0.767. The molecule has 0 radical (unpaired) electrons. The number of aliphatic imine (C=N–C) groups is 1. The molecule has 120 valence electrons. The van der Waals surface area contributed by atoms with Crippen molar-refractivity contribution in [2.45, 2.75) is 33.1 Å². The van der Waals surface area contributed by atoms with Crippen molar-refractivity contribution in [2.24, 2.45) is 4.99 Å². The van der Waals surface area contributed by atoms with Crippen LogP contribution in [0.1, 0.15) is 40.1 Å². The van der Waals surface area contributed by atoms with E-state index in [9.17, 15) is 4.79 Å². The zero-order chi connectivity index (χ0) is 16.2. The fraction of sp³-hybridized carbons (Fsp3) is 0.368. The Hall–Kier alpha value is -1.94. The Labute approximate surface area is 141 Å². The molecule has 0 spiro atoms. The number of benzene rings is 1. The molecule has 0 saturated carbocycles. The summed E-state index contributed by atoms with van der Waals surface area (Å²) in [7, 11) is 0. The van der Waals surface area contributed by atoms with Crippen LogP contribution in [0.15, 0.2) is 40.7 Å². The smallest absolute Gasteiger partial charge is 0.192 e.